The summed E-state index contributed by atoms with van der Waals surface area (Å²) in [6.07, 6.45) is 0. The molecule has 2 atom stereocenters. The van der Waals surface area contributed by atoms with Crippen LogP contribution in [0, 0.1) is 15.9 Å². The fraction of sp³-hybridized carbons (Fsp3) is 0.278. The van der Waals surface area contributed by atoms with Crippen LogP contribution < -0.4 is 4.90 Å². The van der Waals surface area contributed by atoms with Crippen LogP contribution in [0.15, 0.2) is 51.9 Å². The zero-order chi connectivity index (χ0) is 20.8. The molecule has 7 nitrogen and oxygen atoms in total. The van der Waals surface area contributed by atoms with Gasteiger partial charge in [0.15, 0.2) is 15.0 Å². The minimum atomic E-state index is -3.22. The van der Waals surface area contributed by atoms with Crippen LogP contribution in [0.4, 0.5) is 15.8 Å². The number of nitrogens with zero attached hydrogens (tertiary/aromatic N) is 3. The summed E-state index contributed by atoms with van der Waals surface area (Å²) in [7, 11) is -3.22. The number of benzene rings is 2. The van der Waals surface area contributed by atoms with Crippen molar-refractivity contribution in [3.8, 4) is 0 Å². The van der Waals surface area contributed by atoms with Crippen molar-refractivity contribution < 1.29 is 17.7 Å². The molecule has 2 aliphatic rings. The number of hydrogen-bond acceptors (Lipinski definition) is 7. The molecule has 2 aromatic rings. The summed E-state index contributed by atoms with van der Waals surface area (Å²) in [6, 6.07) is 9.97. The highest BCUT2D eigenvalue weighted by Gasteiger charge is 2.47. The second-order valence-electron chi connectivity index (χ2n) is 6.80. The van der Waals surface area contributed by atoms with Crippen LogP contribution in [-0.2, 0) is 15.6 Å². The fourth-order valence-corrected chi connectivity index (χ4v) is 6.70. The van der Waals surface area contributed by atoms with Gasteiger partial charge in [-0.05, 0) is 23.8 Å². The number of hydrogen-bond donors (Lipinski definition) is 0. The van der Waals surface area contributed by atoms with Crippen LogP contribution >= 0.6 is 27.7 Å². The second kappa shape index (κ2) is 7.69. The number of nitro groups is 1. The minimum absolute atomic E-state index is 0.00950. The molecule has 29 heavy (non-hydrogen) atoms. The average Bonchev–Trinajstić information content (AvgIpc) is 3.12. The molecule has 1 fully saturated rings. The van der Waals surface area contributed by atoms with E-state index in [1.54, 1.807) is 29.2 Å². The molecule has 0 aliphatic carbocycles. The molecule has 0 spiro atoms. The van der Waals surface area contributed by atoms with Gasteiger partial charge in [-0.2, -0.15) is 0 Å². The summed E-state index contributed by atoms with van der Waals surface area (Å²) in [6.45, 7) is 0. The maximum Gasteiger partial charge on any atom is 0.269 e. The molecular weight excluding hydrogens is 485 g/mol. The van der Waals surface area contributed by atoms with E-state index in [2.05, 4.69) is 20.9 Å². The number of thioether (sulfide) groups is 1. The summed E-state index contributed by atoms with van der Waals surface area (Å²) in [4.78, 5) is 16.6. The Balaban J connectivity index is 1.60. The standard InChI is InChI=1S/C18H15BrFN3O4S2/c19-12-3-6-16(14(20)7-12)22-17-10-29(26,27)9-15(17)21-18(22)28-8-11-1-4-13(5-2-11)23(24)25/h1-7,15,17H,8-10H2/t15-,17-/m1/s1. The maximum atomic E-state index is 14.7. The van der Waals surface area contributed by atoms with Gasteiger partial charge in [-0.1, -0.05) is 39.8 Å². The molecule has 152 valence electrons. The van der Waals surface area contributed by atoms with Crippen LogP contribution in [0.1, 0.15) is 5.56 Å². The van der Waals surface area contributed by atoms with Crippen molar-refractivity contribution in [3.05, 3.63) is 68.4 Å². The van der Waals surface area contributed by atoms with E-state index in [-0.39, 0.29) is 22.9 Å². The first kappa shape index (κ1) is 20.3. The Labute approximate surface area is 179 Å². The van der Waals surface area contributed by atoms with E-state index in [0.717, 1.165) is 5.56 Å². The predicted molar refractivity (Wildman–Crippen MR) is 115 cm³/mol. The van der Waals surface area contributed by atoms with Crippen LogP contribution in [0.5, 0.6) is 0 Å². The number of non-ortho nitro benzene ring substituents is 1. The van der Waals surface area contributed by atoms with Gasteiger partial charge in [0.1, 0.15) is 5.82 Å². The smallest absolute Gasteiger partial charge is 0.269 e. The third-order valence-electron chi connectivity index (χ3n) is 4.79. The molecule has 0 amide bonds. The van der Waals surface area contributed by atoms with Gasteiger partial charge in [0, 0.05) is 22.4 Å². The number of anilines is 1. The van der Waals surface area contributed by atoms with E-state index < -0.39 is 32.7 Å². The molecule has 0 unspecified atom stereocenters. The molecule has 11 heteroatoms. The maximum absolute atomic E-state index is 14.7. The number of halogens is 2. The highest BCUT2D eigenvalue weighted by Crippen LogP contribution is 2.37. The molecule has 0 saturated carbocycles. The predicted octanol–water partition coefficient (Wildman–Crippen LogP) is 3.77. The zero-order valence-electron chi connectivity index (χ0n) is 14.9. The van der Waals surface area contributed by atoms with Crippen molar-refractivity contribution in [2.75, 3.05) is 16.4 Å². The van der Waals surface area contributed by atoms with Crippen molar-refractivity contribution in [1.29, 1.82) is 0 Å². The highest BCUT2D eigenvalue weighted by atomic mass is 79.9. The normalized spacial score (nSPS) is 22.4. The number of sulfone groups is 1. The molecule has 0 aromatic heterocycles. The zero-order valence-corrected chi connectivity index (χ0v) is 18.1. The van der Waals surface area contributed by atoms with E-state index in [4.69, 9.17) is 0 Å². The van der Waals surface area contributed by atoms with Gasteiger partial charge >= 0.3 is 0 Å². The summed E-state index contributed by atoms with van der Waals surface area (Å²) < 4.78 is 39.4. The van der Waals surface area contributed by atoms with E-state index >= 15 is 0 Å². The van der Waals surface area contributed by atoms with Gasteiger partial charge in [-0.25, -0.2) is 12.8 Å². The minimum Gasteiger partial charge on any atom is -0.312 e. The first-order valence-corrected chi connectivity index (χ1v) is 12.2. The van der Waals surface area contributed by atoms with Crippen molar-refractivity contribution >= 4 is 54.1 Å². The van der Waals surface area contributed by atoms with Crippen LogP contribution in [0.3, 0.4) is 0 Å². The van der Waals surface area contributed by atoms with E-state index in [1.165, 1.54) is 30.0 Å². The van der Waals surface area contributed by atoms with Gasteiger partial charge in [0.05, 0.1) is 34.2 Å². The molecule has 0 bridgehead atoms. The largest absolute Gasteiger partial charge is 0.312 e. The van der Waals surface area contributed by atoms with Crippen molar-refractivity contribution in [3.63, 3.8) is 0 Å². The Hall–Kier alpha value is -1.98. The highest BCUT2D eigenvalue weighted by molar-refractivity contribution is 9.10. The molecule has 2 aliphatic heterocycles. The third kappa shape index (κ3) is 4.17. The van der Waals surface area contributed by atoms with Crippen molar-refractivity contribution in [2.45, 2.75) is 17.8 Å². The summed E-state index contributed by atoms with van der Waals surface area (Å²) in [5.41, 5.74) is 1.15. The monoisotopic (exact) mass is 499 g/mol. The van der Waals surface area contributed by atoms with Crippen molar-refractivity contribution in [2.24, 2.45) is 4.99 Å². The average molecular weight is 500 g/mol. The fourth-order valence-electron chi connectivity index (χ4n) is 3.45. The Bertz CT molecular complexity index is 1110. The van der Waals surface area contributed by atoms with Crippen LogP contribution in [-0.4, -0.2) is 42.1 Å². The molecule has 2 aromatic carbocycles. The van der Waals surface area contributed by atoms with Gasteiger partial charge in [0.2, 0.25) is 0 Å². The number of amidine groups is 1. The van der Waals surface area contributed by atoms with Gasteiger partial charge < -0.3 is 4.90 Å². The number of fused-ring (bicyclic) bond motifs is 1. The lowest BCUT2D eigenvalue weighted by molar-refractivity contribution is -0.384. The lowest BCUT2D eigenvalue weighted by atomic mass is 10.1. The second-order valence-corrected chi connectivity index (χ2v) is 10.8. The lowest BCUT2D eigenvalue weighted by Crippen LogP contribution is -2.39. The summed E-state index contributed by atoms with van der Waals surface area (Å²) in [5, 5.41) is 11.3. The third-order valence-corrected chi connectivity index (χ3v) is 8.02. The Morgan fingerprint density at radius 1 is 1.24 bits per heavy atom. The number of aliphatic imine (C=N–C) groups is 1. The first-order valence-electron chi connectivity index (χ1n) is 8.62. The topological polar surface area (TPSA) is 92.9 Å². The van der Waals surface area contributed by atoms with E-state index in [0.29, 0.717) is 15.4 Å². The van der Waals surface area contributed by atoms with Crippen LogP contribution in [0.2, 0.25) is 0 Å². The SMILES string of the molecule is O=[N+]([O-])c1ccc(CSC2=N[C@@H]3CS(=O)(=O)C[C@H]3N2c2ccc(Br)cc2F)cc1. The Morgan fingerprint density at radius 3 is 2.62 bits per heavy atom. The summed E-state index contributed by atoms with van der Waals surface area (Å²) in [5.74, 6) is -0.114. The lowest BCUT2D eigenvalue weighted by Gasteiger charge is -2.27. The molecular formula is C18H15BrFN3O4S2. The summed E-state index contributed by atoms with van der Waals surface area (Å²) >= 11 is 4.59. The van der Waals surface area contributed by atoms with Crippen LogP contribution in [0.25, 0.3) is 0 Å². The van der Waals surface area contributed by atoms with E-state index in [9.17, 15) is 22.9 Å². The quantitative estimate of drug-likeness (QED) is 0.469. The first-order chi connectivity index (χ1) is 13.7. The molecule has 1 saturated heterocycles. The number of rotatable bonds is 4. The molecule has 0 radical (unpaired) electrons. The molecule has 0 N–H and O–H groups in total. The number of nitro benzene ring substituents is 1. The van der Waals surface area contributed by atoms with Gasteiger partial charge in [-0.3, -0.25) is 15.1 Å². The van der Waals surface area contributed by atoms with Crippen molar-refractivity contribution in [1.82, 2.24) is 0 Å². The van der Waals surface area contributed by atoms with Gasteiger partial charge in [0.25, 0.3) is 5.69 Å². The Morgan fingerprint density at radius 2 is 1.97 bits per heavy atom. The van der Waals surface area contributed by atoms with Gasteiger partial charge in [-0.15, -0.1) is 0 Å². The Kier molecular flexibility index (Phi) is 5.38. The van der Waals surface area contributed by atoms with E-state index in [1.807, 2.05) is 0 Å². The molecule has 4 rings (SSSR count). The molecule has 2 heterocycles.